The molecule has 0 aliphatic rings. The van der Waals surface area contributed by atoms with Crippen molar-refractivity contribution in [1.29, 1.82) is 0 Å². The van der Waals surface area contributed by atoms with Crippen LogP contribution in [0, 0.1) is 11.6 Å². The van der Waals surface area contributed by atoms with Crippen LogP contribution >= 0.6 is 0 Å². The standard InChI is InChI=1S/C14H17F2N3/c1-10(2)17-8-11-6-7-18-19(11)9-12-13(15)4-3-5-14(12)16/h3-7,10,17H,8-9H2,1-2H3. The second-order valence-corrected chi connectivity index (χ2v) is 4.72. The van der Waals surface area contributed by atoms with Crippen molar-refractivity contribution in [1.82, 2.24) is 15.1 Å². The maximum atomic E-state index is 13.6. The van der Waals surface area contributed by atoms with Crippen LogP contribution in [0.3, 0.4) is 0 Å². The topological polar surface area (TPSA) is 29.9 Å². The van der Waals surface area contributed by atoms with Crippen LogP contribution in [0.15, 0.2) is 30.5 Å². The highest BCUT2D eigenvalue weighted by Crippen LogP contribution is 2.14. The lowest BCUT2D eigenvalue weighted by atomic mass is 10.2. The van der Waals surface area contributed by atoms with E-state index in [1.807, 2.05) is 19.9 Å². The molecule has 0 atom stereocenters. The highest BCUT2D eigenvalue weighted by atomic mass is 19.1. The Morgan fingerprint density at radius 3 is 2.53 bits per heavy atom. The fraction of sp³-hybridized carbons (Fsp3) is 0.357. The zero-order valence-corrected chi connectivity index (χ0v) is 11.0. The molecule has 0 saturated heterocycles. The SMILES string of the molecule is CC(C)NCc1ccnn1Cc1c(F)cccc1F. The Morgan fingerprint density at radius 1 is 1.21 bits per heavy atom. The first kappa shape index (κ1) is 13.7. The highest BCUT2D eigenvalue weighted by molar-refractivity contribution is 5.20. The Labute approximate surface area is 111 Å². The third-order valence-electron chi connectivity index (χ3n) is 2.87. The predicted molar refractivity (Wildman–Crippen MR) is 69.7 cm³/mol. The van der Waals surface area contributed by atoms with Gasteiger partial charge in [-0.1, -0.05) is 19.9 Å². The molecule has 0 amide bonds. The molecule has 0 fully saturated rings. The summed E-state index contributed by atoms with van der Waals surface area (Å²) in [5.74, 6) is -1.09. The number of halogens is 2. The number of aromatic nitrogens is 2. The summed E-state index contributed by atoms with van der Waals surface area (Å²) in [6.45, 7) is 4.79. The highest BCUT2D eigenvalue weighted by Gasteiger charge is 2.11. The molecular weight excluding hydrogens is 248 g/mol. The zero-order valence-electron chi connectivity index (χ0n) is 11.0. The Hall–Kier alpha value is -1.75. The van der Waals surface area contributed by atoms with Crippen LogP contribution in [-0.4, -0.2) is 15.8 Å². The normalized spacial score (nSPS) is 11.2. The molecule has 1 N–H and O–H groups in total. The maximum absolute atomic E-state index is 13.6. The molecule has 0 radical (unpaired) electrons. The summed E-state index contributed by atoms with van der Waals surface area (Å²) < 4.78 is 28.8. The summed E-state index contributed by atoms with van der Waals surface area (Å²) >= 11 is 0. The van der Waals surface area contributed by atoms with Crippen molar-refractivity contribution in [3.05, 3.63) is 53.4 Å². The van der Waals surface area contributed by atoms with Gasteiger partial charge >= 0.3 is 0 Å². The number of hydrogen-bond acceptors (Lipinski definition) is 2. The first-order valence-corrected chi connectivity index (χ1v) is 6.25. The Morgan fingerprint density at radius 2 is 1.89 bits per heavy atom. The molecule has 0 bridgehead atoms. The minimum absolute atomic E-state index is 0.0389. The van der Waals surface area contributed by atoms with Crippen LogP contribution in [0.2, 0.25) is 0 Å². The van der Waals surface area contributed by atoms with E-state index in [0.29, 0.717) is 12.6 Å². The molecule has 2 aromatic rings. The molecule has 1 aromatic heterocycles. The van der Waals surface area contributed by atoms with Crippen LogP contribution in [0.25, 0.3) is 0 Å². The van der Waals surface area contributed by atoms with Crippen LogP contribution in [0.1, 0.15) is 25.1 Å². The van der Waals surface area contributed by atoms with Crippen LogP contribution in [0.4, 0.5) is 8.78 Å². The van der Waals surface area contributed by atoms with E-state index in [4.69, 9.17) is 0 Å². The van der Waals surface area contributed by atoms with E-state index in [1.54, 1.807) is 10.9 Å². The third kappa shape index (κ3) is 3.38. The van der Waals surface area contributed by atoms with Gasteiger partial charge in [-0.25, -0.2) is 8.78 Å². The lowest BCUT2D eigenvalue weighted by Gasteiger charge is -2.11. The molecule has 0 unspecified atom stereocenters. The summed E-state index contributed by atoms with van der Waals surface area (Å²) in [6, 6.07) is 6.06. The second-order valence-electron chi connectivity index (χ2n) is 4.72. The fourth-order valence-corrected chi connectivity index (χ4v) is 1.79. The predicted octanol–water partition coefficient (Wildman–Crippen LogP) is 2.71. The van der Waals surface area contributed by atoms with Crippen molar-refractivity contribution < 1.29 is 8.78 Å². The number of benzene rings is 1. The molecule has 102 valence electrons. The van der Waals surface area contributed by atoms with E-state index in [-0.39, 0.29) is 12.1 Å². The van der Waals surface area contributed by atoms with Gasteiger partial charge in [-0.15, -0.1) is 0 Å². The van der Waals surface area contributed by atoms with Crippen molar-refractivity contribution in [3.8, 4) is 0 Å². The first-order valence-electron chi connectivity index (χ1n) is 6.25. The lowest BCUT2D eigenvalue weighted by Crippen LogP contribution is -2.24. The van der Waals surface area contributed by atoms with Gasteiger partial charge in [0, 0.05) is 24.3 Å². The second kappa shape index (κ2) is 5.93. The van der Waals surface area contributed by atoms with Crippen molar-refractivity contribution in [3.63, 3.8) is 0 Å². The number of rotatable bonds is 5. The monoisotopic (exact) mass is 265 g/mol. The minimum atomic E-state index is -0.543. The largest absolute Gasteiger partial charge is 0.309 e. The smallest absolute Gasteiger partial charge is 0.131 e. The maximum Gasteiger partial charge on any atom is 0.131 e. The number of nitrogens with zero attached hydrogens (tertiary/aromatic N) is 2. The molecule has 1 heterocycles. The summed E-state index contributed by atoms with van der Waals surface area (Å²) in [4.78, 5) is 0. The average molecular weight is 265 g/mol. The first-order chi connectivity index (χ1) is 9.08. The van der Waals surface area contributed by atoms with Gasteiger partial charge in [-0.3, -0.25) is 4.68 Å². The van der Waals surface area contributed by atoms with Gasteiger partial charge in [-0.2, -0.15) is 5.10 Å². The van der Waals surface area contributed by atoms with Gasteiger partial charge in [0.15, 0.2) is 0 Å². The Kier molecular flexibility index (Phi) is 4.27. The van der Waals surface area contributed by atoms with E-state index in [1.165, 1.54) is 18.2 Å². The van der Waals surface area contributed by atoms with Crippen molar-refractivity contribution in [2.45, 2.75) is 33.0 Å². The quantitative estimate of drug-likeness (QED) is 0.900. The Bertz CT molecular complexity index is 529. The van der Waals surface area contributed by atoms with Gasteiger partial charge in [0.2, 0.25) is 0 Å². The molecule has 3 nitrogen and oxygen atoms in total. The van der Waals surface area contributed by atoms with Gasteiger partial charge in [-0.05, 0) is 18.2 Å². The van der Waals surface area contributed by atoms with E-state index in [9.17, 15) is 8.78 Å². The lowest BCUT2D eigenvalue weighted by molar-refractivity contribution is 0.511. The number of hydrogen-bond donors (Lipinski definition) is 1. The van der Waals surface area contributed by atoms with Gasteiger partial charge in [0.05, 0.1) is 12.2 Å². The summed E-state index contributed by atoms with van der Waals surface area (Å²) in [6.07, 6.45) is 1.64. The van der Waals surface area contributed by atoms with Crippen LogP contribution in [0.5, 0.6) is 0 Å². The molecule has 0 aliphatic carbocycles. The van der Waals surface area contributed by atoms with Gasteiger partial charge in [0.1, 0.15) is 11.6 Å². The van der Waals surface area contributed by atoms with Crippen molar-refractivity contribution in [2.75, 3.05) is 0 Å². The molecular formula is C14H17F2N3. The summed E-state index contributed by atoms with van der Waals surface area (Å²) in [7, 11) is 0. The number of nitrogens with one attached hydrogen (secondary N) is 1. The van der Waals surface area contributed by atoms with E-state index < -0.39 is 11.6 Å². The molecule has 1 aromatic carbocycles. The molecule has 19 heavy (non-hydrogen) atoms. The third-order valence-corrected chi connectivity index (χ3v) is 2.87. The molecule has 0 aliphatic heterocycles. The molecule has 5 heteroatoms. The summed E-state index contributed by atoms with van der Waals surface area (Å²) in [5.41, 5.74) is 0.938. The van der Waals surface area contributed by atoms with Crippen LogP contribution in [-0.2, 0) is 13.1 Å². The van der Waals surface area contributed by atoms with E-state index in [0.717, 1.165) is 5.69 Å². The van der Waals surface area contributed by atoms with E-state index in [2.05, 4.69) is 10.4 Å². The summed E-state index contributed by atoms with van der Waals surface area (Å²) in [5, 5.41) is 7.37. The molecule has 0 spiro atoms. The zero-order chi connectivity index (χ0) is 13.8. The molecule has 0 saturated carbocycles. The van der Waals surface area contributed by atoms with Crippen LogP contribution < -0.4 is 5.32 Å². The van der Waals surface area contributed by atoms with Crippen molar-refractivity contribution >= 4 is 0 Å². The van der Waals surface area contributed by atoms with Crippen molar-refractivity contribution in [2.24, 2.45) is 0 Å². The fourth-order valence-electron chi connectivity index (χ4n) is 1.79. The molecule has 2 rings (SSSR count). The van der Waals surface area contributed by atoms with E-state index >= 15 is 0 Å². The van der Waals surface area contributed by atoms with Gasteiger partial charge in [0.25, 0.3) is 0 Å². The van der Waals surface area contributed by atoms with Gasteiger partial charge < -0.3 is 5.32 Å². The Balaban J connectivity index is 2.17. The minimum Gasteiger partial charge on any atom is -0.309 e. The average Bonchev–Trinajstić information content (AvgIpc) is 2.79.